The first-order valence-electron chi connectivity index (χ1n) is 4.75. The highest BCUT2D eigenvalue weighted by molar-refractivity contribution is 5.80. The number of amides is 1. The Kier molecular flexibility index (Phi) is 2.45. The van der Waals surface area contributed by atoms with Crippen LogP contribution in [0.5, 0.6) is 0 Å². The molecule has 2 rings (SSSR count). The Hall–Kier alpha value is -1.42. The first-order valence-corrected chi connectivity index (χ1v) is 4.75. The molecule has 1 unspecified atom stereocenters. The van der Waals surface area contributed by atoms with Crippen molar-refractivity contribution in [2.75, 3.05) is 13.1 Å². The van der Waals surface area contributed by atoms with Crippen LogP contribution in [0.4, 0.5) is 0 Å². The van der Waals surface area contributed by atoms with Crippen molar-refractivity contribution in [2.24, 2.45) is 0 Å². The molecule has 74 valence electrons. The summed E-state index contributed by atoms with van der Waals surface area (Å²) in [5, 5.41) is 3.17. The SMILES string of the molecule is CCN1C(=O)CNC1c1ccncc1. The summed E-state index contributed by atoms with van der Waals surface area (Å²) in [6.45, 7) is 3.15. The minimum Gasteiger partial charge on any atom is -0.322 e. The second-order valence-corrected chi connectivity index (χ2v) is 3.24. The molecule has 2 heterocycles. The monoisotopic (exact) mass is 191 g/mol. The van der Waals surface area contributed by atoms with Gasteiger partial charge in [-0.25, -0.2) is 0 Å². The lowest BCUT2D eigenvalue weighted by atomic mass is 10.2. The normalized spacial score (nSPS) is 21.6. The summed E-state index contributed by atoms with van der Waals surface area (Å²) in [5.41, 5.74) is 1.09. The Morgan fingerprint density at radius 3 is 2.93 bits per heavy atom. The molecule has 1 fully saturated rings. The average molecular weight is 191 g/mol. The molecular weight excluding hydrogens is 178 g/mol. The lowest BCUT2D eigenvalue weighted by Gasteiger charge is -2.22. The molecule has 1 N–H and O–H groups in total. The highest BCUT2D eigenvalue weighted by Gasteiger charge is 2.29. The average Bonchev–Trinajstić information content (AvgIpc) is 2.61. The highest BCUT2D eigenvalue weighted by Crippen LogP contribution is 2.20. The zero-order valence-electron chi connectivity index (χ0n) is 8.10. The summed E-state index contributed by atoms with van der Waals surface area (Å²) >= 11 is 0. The first-order chi connectivity index (χ1) is 6.83. The van der Waals surface area contributed by atoms with E-state index in [0.717, 1.165) is 12.1 Å². The number of nitrogens with one attached hydrogen (secondary N) is 1. The Labute approximate surface area is 82.9 Å². The summed E-state index contributed by atoms with van der Waals surface area (Å²) in [4.78, 5) is 17.2. The maximum Gasteiger partial charge on any atom is 0.238 e. The van der Waals surface area contributed by atoms with Crippen LogP contribution in [0.1, 0.15) is 18.7 Å². The largest absolute Gasteiger partial charge is 0.322 e. The molecule has 0 bridgehead atoms. The molecule has 1 atom stereocenters. The molecule has 1 aromatic rings. The predicted molar refractivity (Wildman–Crippen MR) is 52.4 cm³/mol. The molecule has 0 aromatic carbocycles. The summed E-state index contributed by atoms with van der Waals surface area (Å²) in [6, 6.07) is 3.86. The second-order valence-electron chi connectivity index (χ2n) is 3.24. The molecule has 1 aliphatic rings. The van der Waals surface area contributed by atoms with Crippen molar-refractivity contribution in [3.05, 3.63) is 30.1 Å². The third-order valence-electron chi connectivity index (χ3n) is 2.44. The van der Waals surface area contributed by atoms with Crippen LogP contribution in [0.25, 0.3) is 0 Å². The van der Waals surface area contributed by atoms with Crippen molar-refractivity contribution < 1.29 is 4.79 Å². The molecular formula is C10H13N3O. The molecule has 0 spiro atoms. The van der Waals surface area contributed by atoms with Crippen LogP contribution in [-0.2, 0) is 4.79 Å². The van der Waals surface area contributed by atoms with Crippen molar-refractivity contribution in [3.63, 3.8) is 0 Å². The quantitative estimate of drug-likeness (QED) is 0.741. The summed E-state index contributed by atoms with van der Waals surface area (Å²) in [5.74, 6) is 0.161. The number of aromatic nitrogens is 1. The van der Waals surface area contributed by atoms with Crippen LogP contribution >= 0.6 is 0 Å². The van der Waals surface area contributed by atoms with Crippen molar-refractivity contribution >= 4 is 5.91 Å². The van der Waals surface area contributed by atoms with Crippen LogP contribution in [-0.4, -0.2) is 28.9 Å². The molecule has 4 heteroatoms. The van der Waals surface area contributed by atoms with Crippen LogP contribution in [0, 0.1) is 0 Å². The summed E-state index contributed by atoms with van der Waals surface area (Å²) in [6.07, 6.45) is 3.51. The van der Waals surface area contributed by atoms with E-state index in [9.17, 15) is 4.79 Å². The summed E-state index contributed by atoms with van der Waals surface area (Å²) < 4.78 is 0. The van der Waals surface area contributed by atoms with E-state index in [1.54, 1.807) is 12.4 Å². The van der Waals surface area contributed by atoms with Crippen molar-refractivity contribution in [2.45, 2.75) is 13.1 Å². The van der Waals surface area contributed by atoms with Crippen LogP contribution in [0.2, 0.25) is 0 Å². The molecule has 1 amide bonds. The van der Waals surface area contributed by atoms with Gasteiger partial charge in [-0.05, 0) is 24.6 Å². The molecule has 0 radical (unpaired) electrons. The van der Waals surface area contributed by atoms with E-state index in [4.69, 9.17) is 0 Å². The lowest BCUT2D eigenvalue weighted by molar-refractivity contribution is -0.127. The number of carbonyl (C=O) groups is 1. The van der Waals surface area contributed by atoms with Gasteiger partial charge in [0.05, 0.1) is 6.54 Å². The van der Waals surface area contributed by atoms with Gasteiger partial charge in [0.2, 0.25) is 5.91 Å². The molecule has 14 heavy (non-hydrogen) atoms. The standard InChI is InChI=1S/C10H13N3O/c1-2-13-9(14)7-12-10(13)8-3-5-11-6-4-8/h3-6,10,12H,2,7H2,1H3. The van der Waals surface area contributed by atoms with E-state index in [1.807, 2.05) is 24.0 Å². The summed E-state index contributed by atoms with van der Waals surface area (Å²) in [7, 11) is 0. The Bertz CT molecular complexity index is 325. The predicted octanol–water partition coefficient (Wildman–Crippen LogP) is 0.532. The first kappa shape index (κ1) is 9.15. The molecule has 0 aliphatic carbocycles. The minimum atomic E-state index is 0.0236. The van der Waals surface area contributed by atoms with E-state index in [2.05, 4.69) is 10.3 Å². The van der Waals surface area contributed by atoms with Gasteiger partial charge in [-0.1, -0.05) is 0 Å². The fourth-order valence-electron chi connectivity index (χ4n) is 1.74. The van der Waals surface area contributed by atoms with E-state index in [0.29, 0.717) is 6.54 Å². The van der Waals surface area contributed by atoms with Gasteiger partial charge in [0.15, 0.2) is 0 Å². The van der Waals surface area contributed by atoms with E-state index < -0.39 is 0 Å². The molecule has 4 nitrogen and oxygen atoms in total. The fourth-order valence-corrected chi connectivity index (χ4v) is 1.74. The third kappa shape index (κ3) is 1.48. The zero-order chi connectivity index (χ0) is 9.97. The van der Waals surface area contributed by atoms with E-state index in [1.165, 1.54) is 0 Å². The molecule has 1 saturated heterocycles. The van der Waals surface area contributed by atoms with Gasteiger partial charge in [0, 0.05) is 18.9 Å². The van der Waals surface area contributed by atoms with E-state index in [-0.39, 0.29) is 12.1 Å². The van der Waals surface area contributed by atoms with Crippen LogP contribution < -0.4 is 5.32 Å². The van der Waals surface area contributed by atoms with Gasteiger partial charge in [-0.15, -0.1) is 0 Å². The van der Waals surface area contributed by atoms with Gasteiger partial charge in [0.25, 0.3) is 0 Å². The minimum absolute atomic E-state index is 0.0236. The number of rotatable bonds is 2. The fraction of sp³-hybridized carbons (Fsp3) is 0.400. The number of likely N-dealkylation sites (N-methyl/N-ethyl adjacent to an activating group) is 1. The Morgan fingerprint density at radius 1 is 1.57 bits per heavy atom. The van der Waals surface area contributed by atoms with Crippen molar-refractivity contribution in [1.82, 2.24) is 15.2 Å². The Balaban J connectivity index is 2.23. The number of nitrogens with zero attached hydrogens (tertiary/aromatic N) is 2. The molecule has 0 saturated carbocycles. The number of hydrogen-bond donors (Lipinski definition) is 1. The van der Waals surface area contributed by atoms with E-state index >= 15 is 0 Å². The zero-order valence-corrected chi connectivity index (χ0v) is 8.10. The smallest absolute Gasteiger partial charge is 0.238 e. The maximum atomic E-state index is 11.4. The number of hydrogen-bond acceptors (Lipinski definition) is 3. The van der Waals surface area contributed by atoms with Crippen LogP contribution in [0.15, 0.2) is 24.5 Å². The number of pyridine rings is 1. The maximum absolute atomic E-state index is 11.4. The Morgan fingerprint density at radius 2 is 2.29 bits per heavy atom. The molecule has 1 aromatic heterocycles. The topological polar surface area (TPSA) is 45.2 Å². The molecule has 1 aliphatic heterocycles. The van der Waals surface area contributed by atoms with Crippen LogP contribution in [0.3, 0.4) is 0 Å². The van der Waals surface area contributed by atoms with Crippen molar-refractivity contribution in [1.29, 1.82) is 0 Å². The highest BCUT2D eigenvalue weighted by atomic mass is 16.2. The van der Waals surface area contributed by atoms with Gasteiger partial charge in [-0.3, -0.25) is 15.1 Å². The number of carbonyl (C=O) groups excluding carboxylic acids is 1. The third-order valence-corrected chi connectivity index (χ3v) is 2.44. The van der Waals surface area contributed by atoms with Gasteiger partial charge >= 0.3 is 0 Å². The second kappa shape index (κ2) is 3.75. The van der Waals surface area contributed by atoms with Gasteiger partial charge < -0.3 is 4.90 Å². The van der Waals surface area contributed by atoms with Gasteiger partial charge in [0.1, 0.15) is 6.17 Å². The van der Waals surface area contributed by atoms with Gasteiger partial charge in [-0.2, -0.15) is 0 Å². The van der Waals surface area contributed by atoms with Crippen molar-refractivity contribution in [3.8, 4) is 0 Å². The lowest BCUT2D eigenvalue weighted by Crippen LogP contribution is -2.29.